The van der Waals surface area contributed by atoms with Crippen LogP contribution in [0.25, 0.3) is 0 Å². The normalized spacial score (nSPS) is 11.2. The minimum atomic E-state index is -1.11. The van der Waals surface area contributed by atoms with E-state index in [1.807, 2.05) is 13.8 Å². The average molecular weight is 304 g/mol. The molecule has 1 atom stereocenters. The van der Waals surface area contributed by atoms with E-state index in [0.717, 1.165) is 5.57 Å². The number of aliphatic carboxylic acids is 1. The maximum Gasteiger partial charge on any atom is 0.326 e. The minimum Gasteiger partial charge on any atom is -0.480 e. The highest BCUT2D eigenvalue weighted by molar-refractivity contribution is 6.04. The second-order valence-electron chi connectivity index (χ2n) is 5.11. The number of allylic oxidation sites excluding steroid dienone is 1. The molecule has 0 unspecified atom stereocenters. The smallest absolute Gasteiger partial charge is 0.326 e. The molecule has 0 bridgehead atoms. The summed E-state index contributed by atoms with van der Waals surface area (Å²) in [6, 6.07) is 5.42. The van der Waals surface area contributed by atoms with E-state index in [2.05, 4.69) is 10.6 Å². The number of carbonyl (C=O) groups is 3. The zero-order valence-corrected chi connectivity index (χ0v) is 12.8. The van der Waals surface area contributed by atoms with E-state index < -0.39 is 17.9 Å². The molecule has 0 aromatic heterocycles. The van der Waals surface area contributed by atoms with Crippen molar-refractivity contribution in [3.63, 3.8) is 0 Å². The first kappa shape index (κ1) is 17.4. The molecule has 1 aromatic carbocycles. The molecular weight excluding hydrogens is 284 g/mol. The number of rotatable bonds is 6. The molecule has 2 amide bonds. The number of benzene rings is 1. The molecule has 22 heavy (non-hydrogen) atoms. The Hall–Kier alpha value is -2.63. The lowest BCUT2D eigenvalue weighted by Crippen LogP contribution is -2.40. The third-order valence-corrected chi connectivity index (χ3v) is 2.85. The summed E-state index contributed by atoms with van der Waals surface area (Å²) in [6.45, 7) is 5.04. The molecule has 3 N–H and O–H groups in total. The number of anilines is 1. The number of carboxylic acid groups (broad SMARTS) is 1. The third kappa shape index (κ3) is 5.40. The van der Waals surface area contributed by atoms with Crippen molar-refractivity contribution in [2.24, 2.45) is 0 Å². The van der Waals surface area contributed by atoms with Crippen LogP contribution in [0.1, 0.15) is 37.6 Å². The number of carboxylic acids is 1. The van der Waals surface area contributed by atoms with Crippen molar-refractivity contribution in [2.45, 2.75) is 33.2 Å². The molecule has 6 heteroatoms. The summed E-state index contributed by atoms with van der Waals surface area (Å²) in [4.78, 5) is 34.6. The number of carbonyl (C=O) groups excluding carboxylic acids is 2. The van der Waals surface area contributed by atoms with Crippen molar-refractivity contribution in [1.29, 1.82) is 0 Å². The van der Waals surface area contributed by atoms with Crippen LogP contribution in [0.5, 0.6) is 0 Å². The molecule has 118 valence electrons. The van der Waals surface area contributed by atoms with Crippen LogP contribution in [0.15, 0.2) is 35.9 Å². The van der Waals surface area contributed by atoms with E-state index in [4.69, 9.17) is 0 Å². The SMILES string of the molecule is CC(=O)Nc1ccccc1C(=O)N[C@H](CC=C(C)C)C(=O)O. The highest BCUT2D eigenvalue weighted by Gasteiger charge is 2.21. The lowest BCUT2D eigenvalue weighted by Gasteiger charge is -2.15. The maximum absolute atomic E-state index is 12.3. The largest absolute Gasteiger partial charge is 0.480 e. The Balaban J connectivity index is 2.93. The molecule has 0 radical (unpaired) electrons. The van der Waals surface area contributed by atoms with E-state index in [1.165, 1.54) is 13.0 Å². The standard InChI is InChI=1S/C16H20N2O4/c1-10(2)8-9-14(16(21)22)18-15(20)12-6-4-5-7-13(12)17-11(3)19/h4-8,14H,9H2,1-3H3,(H,17,19)(H,18,20)(H,21,22)/t14-/m1/s1. The molecule has 0 saturated carbocycles. The molecular formula is C16H20N2O4. The van der Waals surface area contributed by atoms with Gasteiger partial charge < -0.3 is 15.7 Å². The lowest BCUT2D eigenvalue weighted by molar-refractivity contribution is -0.139. The van der Waals surface area contributed by atoms with Crippen LogP contribution in [-0.4, -0.2) is 28.9 Å². The van der Waals surface area contributed by atoms with Gasteiger partial charge in [-0.15, -0.1) is 0 Å². The van der Waals surface area contributed by atoms with Crippen molar-refractivity contribution in [3.05, 3.63) is 41.5 Å². The Morgan fingerprint density at radius 1 is 1.18 bits per heavy atom. The summed E-state index contributed by atoms with van der Waals surface area (Å²) in [7, 11) is 0. The first-order valence-electron chi connectivity index (χ1n) is 6.85. The van der Waals surface area contributed by atoms with Gasteiger partial charge in [-0.05, 0) is 32.4 Å². The molecule has 1 rings (SSSR count). The second kappa shape index (κ2) is 7.97. The molecule has 0 aliphatic carbocycles. The van der Waals surface area contributed by atoms with Crippen LogP contribution in [-0.2, 0) is 9.59 Å². The van der Waals surface area contributed by atoms with Gasteiger partial charge in [-0.1, -0.05) is 23.8 Å². The van der Waals surface area contributed by atoms with E-state index in [-0.39, 0.29) is 17.9 Å². The van der Waals surface area contributed by atoms with Gasteiger partial charge in [-0.3, -0.25) is 9.59 Å². The van der Waals surface area contributed by atoms with E-state index in [9.17, 15) is 19.5 Å². The van der Waals surface area contributed by atoms with Crippen LogP contribution >= 0.6 is 0 Å². The van der Waals surface area contributed by atoms with Gasteiger partial charge in [0, 0.05) is 6.92 Å². The van der Waals surface area contributed by atoms with Gasteiger partial charge in [0.25, 0.3) is 5.91 Å². The quantitative estimate of drug-likeness (QED) is 0.702. The Labute approximate surface area is 129 Å². The zero-order chi connectivity index (χ0) is 16.7. The van der Waals surface area contributed by atoms with E-state index >= 15 is 0 Å². The predicted octanol–water partition coefficient (Wildman–Crippen LogP) is 2.18. The molecule has 1 aromatic rings. The number of hydrogen-bond acceptors (Lipinski definition) is 3. The monoisotopic (exact) mass is 304 g/mol. The third-order valence-electron chi connectivity index (χ3n) is 2.85. The topological polar surface area (TPSA) is 95.5 Å². The summed E-state index contributed by atoms with van der Waals surface area (Å²) in [5, 5.41) is 14.2. The van der Waals surface area contributed by atoms with Crippen LogP contribution in [0.4, 0.5) is 5.69 Å². The van der Waals surface area contributed by atoms with Crippen molar-refractivity contribution >= 4 is 23.5 Å². The van der Waals surface area contributed by atoms with Crippen molar-refractivity contribution < 1.29 is 19.5 Å². The minimum absolute atomic E-state index is 0.200. The van der Waals surface area contributed by atoms with Crippen molar-refractivity contribution in [2.75, 3.05) is 5.32 Å². The first-order valence-corrected chi connectivity index (χ1v) is 6.85. The highest BCUT2D eigenvalue weighted by Crippen LogP contribution is 2.15. The average Bonchev–Trinajstić information content (AvgIpc) is 2.42. The van der Waals surface area contributed by atoms with Gasteiger partial charge in [0.05, 0.1) is 11.3 Å². The van der Waals surface area contributed by atoms with E-state index in [0.29, 0.717) is 5.69 Å². The highest BCUT2D eigenvalue weighted by atomic mass is 16.4. The van der Waals surface area contributed by atoms with Crippen LogP contribution < -0.4 is 10.6 Å². The summed E-state index contributed by atoms with van der Waals surface area (Å²) >= 11 is 0. The second-order valence-corrected chi connectivity index (χ2v) is 5.11. The molecule has 0 aliphatic rings. The van der Waals surface area contributed by atoms with Crippen molar-refractivity contribution in [1.82, 2.24) is 5.32 Å². The van der Waals surface area contributed by atoms with Crippen LogP contribution in [0.2, 0.25) is 0 Å². The molecule has 6 nitrogen and oxygen atoms in total. The summed E-state index contributed by atoms with van der Waals surface area (Å²) in [5.74, 6) is -1.96. The maximum atomic E-state index is 12.3. The first-order chi connectivity index (χ1) is 10.3. The molecule has 0 heterocycles. The fourth-order valence-corrected chi connectivity index (χ4v) is 1.79. The number of nitrogens with one attached hydrogen (secondary N) is 2. The van der Waals surface area contributed by atoms with Gasteiger partial charge in [-0.2, -0.15) is 0 Å². The van der Waals surface area contributed by atoms with Gasteiger partial charge in [0.2, 0.25) is 5.91 Å². The number of hydrogen-bond donors (Lipinski definition) is 3. The van der Waals surface area contributed by atoms with Crippen LogP contribution in [0, 0.1) is 0 Å². The van der Waals surface area contributed by atoms with Gasteiger partial charge in [0.15, 0.2) is 0 Å². The van der Waals surface area contributed by atoms with E-state index in [1.54, 1.807) is 24.3 Å². The molecule has 0 aliphatic heterocycles. The molecule has 0 saturated heterocycles. The zero-order valence-electron chi connectivity index (χ0n) is 12.8. The lowest BCUT2D eigenvalue weighted by atomic mass is 10.1. The van der Waals surface area contributed by atoms with Crippen LogP contribution in [0.3, 0.4) is 0 Å². The van der Waals surface area contributed by atoms with Gasteiger partial charge >= 0.3 is 5.97 Å². The Morgan fingerprint density at radius 3 is 2.36 bits per heavy atom. The molecule has 0 spiro atoms. The van der Waals surface area contributed by atoms with Gasteiger partial charge in [-0.25, -0.2) is 4.79 Å². The fraction of sp³-hybridized carbons (Fsp3) is 0.312. The Morgan fingerprint density at radius 2 is 1.82 bits per heavy atom. The fourth-order valence-electron chi connectivity index (χ4n) is 1.79. The number of para-hydroxylation sites is 1. The number of amides is 2. The van der Waals surface area contributed by atoms with Gasteiger partial charge in [0.1, 0.15) is 6.04 Å². The summed E-state index contributed by atoms with van der Waals surface area (Å²) in [5.41, 5.74) is 1.54. The molecule has 0 fully saturated rings. The predicted molar refractivity (Wildman–Crippen MR) is 83.7 cm³/mol. The Kier molecular flexibility index (Phi) is 6.31. The summed E-state index contributed by atoms with van der Waals surface area (Å²) in [6.07, 6.45) is 1.95. The van der Waals surface area contributed by atoms with Crippen molar-refractivity contribution in [3.8, 4) is 0 Å². The summed E-state index contributed by atoms with van der Waals surface area (Å²) < 4.78 is 0. The Bertz CT molecular complexity index is 604.